The minimum Gasteiger partial charge on any atom is -0.497 e. The molecule has 0 atom stereocenters. The van der Waals surface area contributed by atoms with E-state index in [-0.39, 0.29) is 5.91 Å². The summed E-state index contributed by atoms with van der Waals surface area (Å²) >= 11 is 0. The predicted octanol–water partition coefficient (Wildman–Crippen LogP) is 2.30. The molecule has 1 aromatic carbocycles. The van der Waals surface area contributed by atoms with Gasteiger partial charge in [0, 0.05) is 19.2 Å². The monoisotopic (exact) mass is 278 g/mol. The Bertz CT molecular complexity index is 496. The smallest absolute Gasteiger partial charge is 0.256 e. The highest BCUT2D eigenvalue weighted by molar-refractivity contribution is 6.01. The van der Waals surface area contributed by atoms with Crippen molar-refractivity contribution in [3.63, 3.8) is 0 Å². The third-order valence-electron chi connectivity index (χ3n) is 3.99. The zero-order valence-corrected chi connectivity index (χ0v) is 12.3. The summed E-state index contributed by atoms with van der Waals surface area (Å²) in [7, 11) is 4.92. The normalized spacial score (nSPS) is 15.2. The van der Waals surface area contributed by atoms with Gasteiger partial charge in [0.2, 0.25) is 0 Å². The van der Waals surface area contributed by atoms with E-state index in [0.29, 0.717) is 28.8 Å². The standard InChI is InChI=1S/C15H22N2O3/c1-17(10-6-4-5-7-10)15(18)12-8-11(19-2)9-13(20-3)14(12)16/h8-10H,4-7,16H2,1-3H3. The number of nitrogen functional groups attached to an aromatic ring is 1. The van der Waals surface area contributed by atoms with E-state index in [4.69, 9.17) is 15.2 Å². The Hall–Kier alpha value is -1.91. The van der Waals surface area contributed by atoms with Crippen LogP contribution in [0, 0.1) is 0 Å². The summed E-state index contributed by atoms with van der Waals surface area (Å²) in [5.74, 6) is 0.957. The molecule has 2 N–H and O–H groups in total. The molecule has 1 aliphatic carbocycles. The van der Waals surface area contributed by atoms with Gasteiger partial charge in [0.25, 0.3) is 5.91 Å². The summed E-state index contributed by atoms with van der Waals surface area (Å²) in [6.07, 6.45) is 4.48. The average molecular weight is 278 g/mol. The number of ether oxygens (including phenoxy) is 2. The predicted molar refractivity (Wildman–Crippen MR) is 78.3 cm³/mol. The van der Waals surface area contributed by atoms with Gasteiger partial charge in [-0.15, -0.1) is 0 Å². The molecule has 0 radical (unpaired) electrons. The van der Waals surface area contributed by atoms with E-state index in [2.05, 4.69) is 0 Å². The molecule has 2 rings (SSSR count). The number of nitrogens with zero attached hydrogens (tertiary/aromatic N) is 1. The van der Waals surface area contributed by atoms with Crippen LogP contribution in [-0.2, 0) is 0 Å². The lowest BCUT2D eigenvalue weighted by molar-refractivity contribution is 0.0735. The number of hydrogen-bond donors (Lipinski definition) is 1. The van der Waals surface area contributed by atoms with Crippen LogP contribution in [0.4, 0.5) is 5.69 Å². The first-order valence-electron chi connectivity index (χ1n) is 6.87. The van der Waals surface area contributed by atoms with Crippen molar-refractivity contribution in [3.8, 4) is 11.5 Å². The number of methoxy groups -OCH3 is 2. The Morgan fingerprint density at radius 2 is 1.90 bits per heavy atom. The van der Waals surface area contributed by atoms with Crippen molar-refractivity contribution in [1.82, 2.24) is 4.90 Å². The van der Waals surface area contributed by atoms with Crippen molar-refractivity contribution in [2.24, 2.45) is 0 Å². The van der Waals surface area contributed by atoms with Crippen molar-refractivity contribution in [1.29, 1.82) is 0 Å². The molecule has 1 aliphatic rings. The van der Waals surface area contributed by atoms with E-state index in [1.165, 1.54) is 20.0 Å². The van der Waals surface area contributed by atoms with Crippen molar-refractivity contribution in [2.75, 3.05) is 27.0 Å². The van der Waals surface area contributed by atoms with Crippen LogP contribution in [0.15, 0.2) is 12.1 Å². The van der Waals surface area contributed by atoms with Crippen LogP contribution in [0.1, 0.15) is 36.0 Å². The molecule has 0 bridgehead atoms. The molecule has 1 amide bonds. The highest BCUT2D eigenvalue weighted by atomic mass is 16.5. The molecule has 5 heteroatoms. The number of anilines is 1. The highest BCUT2D eigenvalue weighted by Gasteiger charge is 2.26. The molecular weight excluding hydrogens is 256 g/mol. The molecule has 1 saturated carbocycles. The van der Waals surface area contributed by atoms with Crippen LogP contribution in [0.25, 0.3) is 0 Å². The SMILES string of the molecule is COc1cc(OC)c(N)c(C(=O)N(C)C2CCCC2)c1. The quantitative estimate of drug-likeness (QED) is 0.858. The van der Waals surface area contributed by atoms with E-state index in [1.807, 2.05) is 7.05 Å². The molecule has 20 heavy (non-hydrogen) atoms. The second kappa shape index (κ2) is 6.03. The fourth-order valence-electron chi connectivity index (χ4n) is 2.71. The lowest BCUT2D eigenvalue weighted by Gasteiger charge is -2.25. The summed E-state index contributed by atoms with van der Waals surface area (Å²) in [6.45, 7) is 0. The summed E-state index contributed by atoms with van der Waals surface area (Å²) < 4.78 is 10.4. The number of hydrogen-bond acceptors (Lipinski definition) is 4. The fourth-order valence-corrected chi connectivity index (χ4v) is 2.71. The second-order valence-electron chi connectivity index (χ2n) is 5.15. The van der Waals surface area contributed by atoms with Gasteiger partial charge >= 0.3 is 0 Å². The fraction of sp³-hybridized carbons (Fsp3) is 0.533. The summed E-state index contributed by atoms with van der Waals surface area (Å²) in [4.78, 5) is 14.4. The van der Waals surface area contributed by atoms with Gasteiger partial charge in [-0.25, -0.2) is 0 Å². The maximum absolute atomic E-state index is 12.6. The van der Waals surface area contributed by atoms with Gasteiger partial charge in [-0.05, 0) is 18.9 Å². The number of benzene rings is 1. The summed E-state index contributed by atoms with van der Waals surface area (Å²) in [6, 6.07) is 3.66. The number of carbonyl (C=O) groups is 1. The number of rotatable bonds is 4. The van der Waals surface area contributed by atoms with E-state index < -0.39 is 0 Å². The van der Waals surface area contributed by atoms with Crippen LogP contribution < -0.4 is 15.2 Å². The number of amides is 1. The van der Waals surface area contributed by atoms with Gasteiger partial charge in [0.1, 0.15) is 11.5 Å². The number of carbonyl (C=O) groups excluding carboxylic acids is 1. The van der Waals surface area contributed by atoms with E-state index in [0.717, 1.165) is 12.8 Å². The Labute approximate surface area is 119 Å². The molecule has 0 saturated heterocycles. The van der Waals surface area contributed by atoms with Crippen molar-refractivity contribution < 1.29 is 14.3 Å². The Morgan fingerprint density at radius 3 is 2.45 bits per heavy atom. The molecule has 0 aromatic heterocycles. The molecule has 0 spiro atoms. The zero-order chi connectivity index (χ0) is 14.7. The Balaban J connectivity index is 2.32. The Kier molecular flexibility index (Phi) is 4.37. The third kappa shape index (κ3) is 2.66. The summed E-state index contributed by atoms with van der Waals surface area (Å²) in [5.41, 5.74) is 6.83. The van der Waals surface area contributed by atoms with Crippen molar-refractivity contribution in [3.05, 3.63) is 17.7 Å². The van der Waals surface area contributed by atoms with E-state index in [9.17, 15) is 4.79 Å². The van der Waals surface area contributed by atoms with Gasteiger partial charge in [-0.3, -0.25) is 4.79 Å². The van der Waals surface area contributed by atoms with E-state index in [1.54, 1.807) is 24.1 Å². The first kappa shape index (κ1) is 14.5. The lowest BCUT2D eigenvalue weighted by Crippen LogP contribution is -2.35. The number of nitrogens with two attached hydrogens (primary N) is 1. The first-order valence-corrected chi connectivity index (χ1v) is 6.87. The van der Waals surface area contributed by atoms with Crippen molar-refractivity contribution >= 4 is 11.6 Å². The molecular formula is C15H22N2O3. The maximum atomic E-state index is 12.6. The second-order valence-corrected chi connectivity index (χ2v) is 5.15. The molecule has 0 aliphatic heterocycles. The topological polar surface area (TPSA) is 64.8 Å². The summed E-state index contributed by atoms with van der Waals surface area (Å²) in [5, 5.41) is 0. The van der Waals surface area contributed by atoms with E-state index >= 15 is 0 Å². The molecule has 1 aromatic rings. The molecule has 1 fully saturated rings. The minimum absolute atomic E-state index is 0.0772. The van der Waals surface area contributed by atoms with Crippen LogP contribution in [0.2, 0.25) is 0 Å². The minimum atomic E-state index is -0.0772. The van der Waals surface area contributed by atoms with Gasteiger partial charge in [-0.1, -0.05) is 12.8 Å². The molecule has 0 heterocycles. The van der Waals surface area contributed by atoms with Gasteiger partial charge in [0.05, 0.1) is 25.5 Å². The maximum Gasteiger partial charge on any atom is 0.256 e. The first-order chi connectivity index (χ1) is 9.58. The van der Waals surface area contributed by atoms with Crippen LogP contribution >= 0.6 is 0 Å². The Morgan fingerprint density at radius 1 is 1.25 bits per heavy atom. The highest BCUT2D eigenvalue weighted by Crippen LogP contribution is 2.33. The van der Waals surface area contributed by atoms with Crippen LogP contribution in [0.3, 0.4) is 0 Å². The zero-order valence-electron chi connectivity index (χ0n) is 12.3. The average Bonchev–Trinajstić information content (AvgIpc) is 3.00. The third-order valence-corrected chi connectivity index (χ3v) is 3.99. The largest absolute Gasteiger partial charge is 0.497 e. The van der Waals surface area contributed by atoms with Crippen LogP contribution in [0.5, 0.6) is 11.5 Å². The van der Waals surface area contributed by atoms with Gasteiger partial charge in [0.15, 0.2) is 0 Å². The van der Waals surface area contributed by atoms with Gasteiger partial charge in [-0.2, -0.15) is 0 Å². The molecule has 0 unspecified atom stereocenters. The van der Waals surface area contributed by atoms with Crippen LogP contribution in [-0.4, -0.2) is 38.1 Å². The van der Waals surface area contributed by atoms with Crippen molar-refractivity contribution in [2.45, 2.75) is 31.7 Å². The molecule has 5 nitrogen and oxygen atoms in total. The van der Waals surface area contributed by atoms with Gasteiger partial charge < -0.3 is 20.1 Å². The molecule has 110 valence electrons. The lowest BCUT2D eigenvalue weighted by atomic mass is 10.1.